The molecule has 0 saturated heterocycles. The molecule has 0 aromatic carbocycles. The first kappa shape index (κ1) is 22.2. The molecule has 0 amide bonds. The topological polar surface area (TPSA) is 20.5 Å². The zero-order valence-electron chi connectivity index (χ0n) is 18.4. The molecule has 35 heavy (non-hydrogen) atoms. The predicted octanol–water partition coefficient (Wildman–Crippen LogP) is 10.2. The second-order valence-corrected chi connectivity index (χ2v) is 11.5. The van der Waals surface area contributed by atoms with Crippen molar-refractivity contribution in [1.29, 1.82) is 0 Å². The lowest BCUT2D eigenvalue weighted by molar-refractivity contribution is 0.400. The molecule has 0 aliphatic carbocycles. The van der Waals surface area contributed by atoms with Gasteiger partial charge in [0.2, 0.25) is 0 Å². The van der Waals surface area contributed by atoms with E-state index in [1.54, 1.807) is 45.3 Å². The molecule has 5 aromatic rings. The van der Waals surface area contributed by atoms with E-state index in [4.69, 9.17) is 9.15 Å². The van der Waals surface area contributed by atoms with Crippen LogP contribution < -0.4 is 0 Å². The quantitative estimate of drug-likeness (QED) is 0.205. The van der Waals surface area contributed by atoms with Crippen molar-refractivity contribution in [3.05, 3.63) is 128 Å². The number of rotatable bonds is 6. The molecule has 0 unspecified atom stereocenters. The van der Waals surface area contributed by atoms with Gasteiger partial charge in [-0.05, 0) is 75.7 Å². The summed E-state index contributed by atoms with van der Waals surface area (Å²) in [5, 5.41) is 8.33. The Bertz CT molecular complexity index is 1480. The van der Waals surface area contributed by atoms with E-state index in [-0.39, 0.29) is 0 Å². The highest BCUT2D eigenvalue weighted by Crippen LogP contribution is 2.36. The van der Waals surface area contributed by atoms with Gasteiger partial charge in [-0.25, -0.2) is 4.42 Å². The van der Waals surface area contributed by atoms with Gasteiger partial charge in [-0.2, -0.15) is 0 Å². The van der Waals surface area contributed by atoms with E-state index in [9.17, 15) is 0 Å². The fourth-order valence-electron chi connectivity index (χ4n) is 3.70. The van der Waals surface area contributed by atoms with Gasteiger partial charge in [0.05, 0.1) is 17.0 Å². The van der Waals surface area contributed by atoms with Gasteiger partial charge in [-0.3, -0.25) is 0 Å². The maximum Gasteiger partial charge on any atom is 0.371 e. The molecule has 1 aliphatic heterocycles. The molecule has 6 heteroatoms. The minimum Gasteiger partial charge on any atom is -0.456 e. The molecule has 0 spiro atoms. The molecular weight excluding hydrogens is 509 g/mol. The van der Waals surface area contributed by atoms with Crippen LogP contribution in [0.4, 0.5) is 0 Å². The van der Waals surface area contributed by atoms with Crippen LogP contribution in [0.25, 0.3) is 38.5 Å². The lowest BCUT2D eigenvalue weighted by Gasteiger charge is -2.16. The monoisotopic (exact) mass is 527 g/mol. The zero-order chi connectivity index (χ0) is 23.5. The standard InChI is InChI=1S/C29H19O2S4/c1(6-22-16-20(26-8-2-12-32-26)18-24(30-22)28-10-4-14-34-28)7-23-17-21(27-9-3-13-33-27)19-25(31-23)29-11-5-15-35-29/h1-19H/q+1. The molecule has 0 saturated carbocycles. The Kier molecular flexibility index (Phi) is 6.43. The van der Waals surface area contributed by atoms with Crippen molar-refractivity contribution in [2.24, 2.45) is 0 Å². The van der Waals surface area contributed by atoms with E-state index in [2.05, 4.69) is 82.2 Å². The van der Waals surface area contributed by atoms with Crippen LogP contribution in [0.2, 0.25) is 0 Å². The number of allylic oxidation sites excluding steroid dienone is 5. The summed E-state index contributed by atoms with van der Waals surface area (Å²) >= 11 is 6.81. The number of ether oxygens (including phenoxy) is 1. The molecule has 5 aromatic heterocycles. The third kappa shape index (κ3) is 5.06. The Morgan fingerprint density at radius 3 is 2.03 bits per heavy atom. The van der Waals surface area contributed by atoms with Crippen molar-refractivity contribution in [1.82, 2.24) is 0 Å². The Balaban J connectivity index is 1.34. The van der Waals surface area contributed by atoms with Gasteiger partial charge in [0.25, 0.3) is 0 Å². The van der Waals surface area contributed by atoms with Crippen molar-refractivity contribution in [3.63, 3.8) is 0 Å². The second kappa shape index (κ2) is 10.1. The van der Waals surface area contributed by atoms with Crippen molar-refractivity contribution < 1.29 is 9.15 Å². The van der Waals surface area contributed by atoms with Crippen molar-refractivity contribution in [2.75, 3.05) is 0 Å². The highest BCUT2D eigenvalue weighted by atomic mass is 32.1. The average molecular weight is 528 g/mol. The molecule has 0 N–H and O–H groups in total. The fraction of sp³-hybridized carbons (Fsp3) is 0. The summed E-state index contributed by atoms with van der Waals surface area (Å²) in [6.07, 6.45) is 10.2. The zero-order valence-corrected chi connectivity index (χ0v) is 21.7. The van der Waals surface area contributed by atoms with Gasteiger partial charge < -0.3 is 4.74 Å². The van der Waals surface area contributed by atoms with E-state index in [1.807, 2.05) is 30.4 Å². The van der Waals surface area contributed by atoms with Crippen LogP contribution in [0.3, 0.4) is 0 Å². The first-order valence-corrected chi connectivity index (χ1v) is 14.5. The minimum absolute atomic E-state index is 0.795. The normalized spacial score (nSPS) is 14.8. The van der Waals surface area contributed by atoms with Gasteiger partial charge in [-0.1, -0.05) is 24.3 Å². The van der Waals surface area contributed by atoms with Crippen LogP contribution in [-0.4, -0.2) is 0 Å². The van der Waals surface area contributed by atoms with Crippen LogP contribution in [0.5, 0.6) is 0 Å². The summed E-state index contributed by atoms with van der Waals surface area (Å²) in [5.74, 6) is 3.33. The highest BCUT2D eigenvalue weighted by molar-refractivity contribution is 7.14. The largest absolute Gasteiger partial charge is 0.456 e. The maximum absolute atomic E-state index is 6.24. The van der Waals surface area contributed by atoms with Gasteiger partial charge in [0.15, 0.2) is 0 Å². The van der Waals surface area contributed by atoms with Gasteiger partial charge in [-0.15, -0.1) is 45.3 Å². The maximum atomic E-state index is 6.24. The molecule has 0 atom stereocenters. The van der Waals surface area contributed by atoms with Gasteiger partial charge in [0.1, 0.15) is 16.4 Å². The first-order valence-electron chi connectivity index (χ1n) is 11.0. The summed E-state index contributed by atoms with van der Waals surface area (Å²) in [6.45, 7) is 0. The molecule has 6 rings (SSSR count). The molecular formula is C29H19O2S4+. The third-order valence-corrected chi connectivity index (χ3v) is 8.89. The lowest BCUT2D eigenvalue weighted by Crippen LogP contribution is -1.96. The molecule has 2 nitrogen and oxygen atoms in total. The molecule has 0 fully saturated rings. The van der Waals surface area contributed by atoms with E-state index in [0.717, 1.165) is 43.9 Å². The van der Waals surface area contributed by atoms with Crippen LogP contribution in [0, 0.1) is 0 Å². The van der Waals surface area contributed by atoms with Crippen LogP contribution in [0.1, 0.15) is 15.5 Å². The highest BCUT2D eigenvalue weighted by Gasteiger charge is 2.19. The SMILES string of the molecule is C1=C(c2cccs2)C=C(c2cccs2)O/C1=C/C=C/c1cc(-c2cccs2)cc(-c2cccs2)[o+]1. The summed E-state index contributed by atoms with van der Waals surface area (Å²) in [6, 6.07) is 20.9. The number of thiophene rings is 4. The van der Waals surface area contributed by atoms with Crippen molar-refractivity contribution in [2.45, 2.75) is 0 Å². The van der Waals surface area contributed by atoms with Crippen LogP contribution >= 0.6 is 45.3 Å². The second-order valence-electron chi connectivity index (χ2n) is 7.66. The average Bonchev–Trinajstić information content (AvgIpc) is 3.72. The molecule has 0 bridgehead atoms. The molecule has 0 radical (unpaired) electrons. The van der Waals surface area contributed by atoms with E-state index < -0.39 is 0 Å². The Morgan fingerprint density at radius 1 is 0.686 bits per heavy atom. The van der Waals surface area contributed by atoms with Crippen molar-refractivity contribution >= 4 is 62.8 Å². The summed E-state index contributed by atoms with van der Waals surface area (Å²) in [4.78, 5) is 4.66. The number of hydrogen-bond donors (Lipinski definition) is 0. The van der Waals surface area contributed by atoms with E-state index >= 15 is 0 Å². The van der Waals surface area contributed by atoms with Gasteiger partial charge >= 0.3 is 11.5 Å². The Labute approximate surface area is 219 Å². The summed E-state index contributed by atoms with van der Waals surface area (Å²) in [7, 11) is 0. The number of hydrogen-bond acceptors (Lipinski definition) is 5. The Hall–Kier alpha value is -3.29. The molecule has 1 aliphatic rings. The van der Waals surface area contributed by atoms with Crippen molar-refractivity contribution in [3.8, 4) is 21.1 Å². The summed E-state index contributed by atoms with van der Waals surface area (Å²) < 4.78 is 12.5. The predicted molar refractivity (Wildman–Crippen MR) is 153 cm³/mol. The summed E-state index contributed by atoms with van der Waals surface area (Å²) in [5.41, 5.74) is 2.30. The van der Waals surface area contributed by atoms with E-state index in [0.29, 0.717) is 0 Å². The molecule has 6 heterocycles. The first-order chi connectivity index (χ1) is 17.3. The van der Waals surface area contributed by atoms with E-state index in [1.165, 1.54) is 9.75 Å². The van der Waals surface area contributed by atoms with Crippen LogP contribution in [0.15, 0.2) is 117 Å². The van der Waals surface area contributed by atoms with Crippen LogP contribution in [-0.2, 0) is 4.74 Å². The lowest BCUT2D eigenvalue weighted by atomic mass is 10.1. The molecule has 170 valence electrons. The smallest absolute Gasteiger partial charge is 0.371 e. The van der Waals surface area contributed by atoms with Gasteiger partial charge in [0, 0.05) is 21.4 Å². The minimum atomic E-state index is 0.795. The third-order valence-electron chi connectivity index (χ3n) is 5.28. The fourth-order valence-corrected chi connectivity index (χ4v) is 6.48. The Morgan fingerprint density at radius 2 is 1.34 bits per heavy atom.